The van der Waals surface area contributed by atoms with Crippen molar-refractivity contribution in [2.24, 2.45) is 0 Å². The maximum absolute atomic E-state index is 11.2. The summed E-state index contributed by atoms with van der Waals surface area (Å²) < 4.78 is 51.5. The molecule has 1 aromatic heterocycles. The van der Waals surface area contributed by atoms with Crippen molar-refractivity contribution >= 4 is 13.8 Å². The zero-order valence-corrected chi connectivity index (χ0v) is 11.7. The zero-order valence-electron chi connectivity index (χ0n) is 14.8. The van der Waals surface area contributed by atoms with Crippen LogP contribution in [0.4, 0.5) is 0 Å². The lowest BCUT2D eigenvalue weighted by Crippen LogP contribution is -2.46. The Morgan fingerprint density at radius 1 is 1.45 bits per heavy atom. The molecule has 2 heterocycles. The van der Waals surface area contributed by atoms with E-state index in [2.05, 4.69) is 4.52 Å². The number of carboxylic acids is 1. The molecule has 0 radical (unpaired) electrons. The van der Waals surface area contributed by atoms with Crippen LogP contribution in [0.1, 0.15) is 22.1 Å². The molecule has 1 saturated heterocycles. The summed E-state index contributed by atoms with van der Waals surface area (Å²) in [6, 6.07) is -1.73. The van der Waals surface area contributed by atoms with Crippen LogP contribution in [0.5, 0.6) is 0 Å². The number of ether oxygens (including phenoxy) is 1. The summed E-state index contributed by atoms with van der Waals surface area (Å²) in [6.45, 7) is -0.837. The molecule has 0 bridgehead atoms. The van der Waals surface area contributed by atoms with Gasteiger partial charge < -0.3 is 29.8 Å². The molecule has 22 heavy (non-hydrogen) atoms. The van der Waals surface area contributed by atoms with E-state index in [9.17, 15) is 19.6 Å². The van der Waals surface area contributed by atoms with E-state index in [1.54, 1.807) is 0 Å². The van der Waals surface area contributed by atoms with Crippen molar-refractivity contribution in [3.8, 4) is 0 Å². The van der Waals surface area contributed by atoms with Gasteiger partial charge in [0.2, 0.25) is 0 Å². The van der Waals surface area contributed by atoms with Crippen LogP contribution < -0.4 is 4.57 Å². The van der Waals surface area contributed by atoms with Crippen molar-refractivity contribution in [2.45, 2.75) is 24.5 Å². The van der Waals surface area contributed by atoms with E-state index >= 15 is 0 Å². The standard InChI is InChI=1S/C11H14NO9P/c13-8-7(5-20-22(17,18)19)21-10(9(8)14)12-3-1-2-6(4-12)11(15)16/h1-4,7-10,13-14H,5H2,(H2-,15,16,17,18,19)/p+1/t7-,8-,9-,10-/m1/s1/i1D,2D,3D,4D. The van der Waals surface area contributed by atoms with E-state index in [0.29, 0.717) is 4.57 Å². The Morgan fingerprint density at radius 3 is 2.73 bits per heavy atom. The van der Waals surface area contributed by atoms with Crippen LogP contribution in [0.25, 0.3) is 0 Å². The molecule has 10 nitrogen and oxygen atoms in total. The number of nitrogens with zero attached hydrogens (tertiary/aromatic N) is 1. The minimum Gasteiger partial charge on any atom is -0.477 e. The minimum atomic E-state index is -4.90. The van der Waals surface area contributed by atoms with Gasteiger partial charge in [0, 0.05) is 6.04 Å². The SMILES string of the molecule is [2H]c1c([2H])c([2H])[n+]([C@@H]2O[C@H](COP(=O)(O)O)[C@@H](O)[C@H]2O)c([2H])c1C(=O)O. The molecule has 11 heteroatoms. The highest BCUT2D eigenvalue weighted by molar-refractivity contribution is 7.46. The van der Waals surface area contributed by atoms with Gasteiger partial charge in [0.05, 0.1) is 9.35 Å². The maximum atomic E-state index is 11.2. The molecule has 1 aliphatic rings. The molecular weight excluding hydrogens is 321 g/mol. The predicted molar refractivity (Wildman–Crippen MR) is 67.5 cm³/mol. The highest BCUT2D eigenvalue weighted by Gasteiger charge is 2.48. The molecule has 0 amide bonds. The number of hydrogen-bond acceptors (Lipinski definition) is 6. The fraction of sp³-hybridized carbons (Fsp3) is 0.455. The van der Waals surface area contributed by atoms with Crippen molar-refractivity contribution in [1.82, 2.24) is 0 Å². The summed E-state index contributed by atoms with van der Waals surface area (Å²) in [5.41, 5.74) is -0.911. The van der Waals surface area contributed by atoms with Crippen LogP contribution in [0.3, 0.4) is 0 Å². The average molecular weight is 340 g/mol. The lowest BCUT2D eigenvalue weighted by molar-refractivity contribution is -0.765. The normalized spacial score (nSPS) is 31.3. The smallest absolute Gasteiger partial charge is 0.469 e. The van der Waals surface area contributed by atoms with E-state index in [0.717, 1.165) is 0 Å². The topological polar surface area (TPSA) is 158 Å². The molecule has 2 rings (SSSR count). The third-order valence-corrected chi connectivity index (χ3v) is 3.29. The Balaban J connectivity index is 2.45. The Morgan fingerprint density at radius 2 is 2.14 bits per heavy atom. The molecule has 1 aliphatic heterocycles. The Hall–Kier alpha value is -1.39. The molecule has 0 saturated carbocycles. The van der Waals surface area contributed by atoms with Crippen LogP contribution in [0.15, 0.2) is 24.4 Å². The van der Waals surface area contributed by atoms with Gasteiger partial charge in [-0.05, 0) is 6.04 Å². The highest BCUT2D eigenvalue weighted by atomic mass is 31.2. The first-order valence-corrected chi connectivity index (χ1v) is 7.36. The minimum absolute atomic E-state index is 0.495. The number of aliphatic hydroxyl groups is 2. The van der Waals surface area contributed by atoms with Crippen molar-refractivity contribution in [2.75, 3.05) is 6.61 Å². The number of carbonyl (C=O) groups is 1. The number of aromatic nitrogens is 1. The van der Waals surface area contributed by atoms with Crippen molar-refractivity contribution in [3.63, 3.8) is 0 Å². The van der Waals surface area contributed by atoms with Gasteiger partial charge in [-0.15, -0.1) is 0 Å². The molecule has 5 N–H and O–H groups in total. The molecule has 4 atom stereocenters. The van der Waals surface area contributed by atoms with Gasteiger partial charge >= 0.3 is 13.8 Å². The molecule has 1 aromatic rings. The molecule has 122 valence electrons. The molecule has 0 aliphatic carbocycles. The van der Waals surface area contributed by atoms with Gasteiger partial charge in [0.1, 0.15) is 20.5 Å². The fourth-order valence-electron chi connectivity index (χ4n) is 1.81. The molecule has 0 unspecified atom stereocenters. The number of aliphatic hydroxyl groups excluding tert-OH is 2. The van der Waals surface area contributed by atoms with Crippen LogP contribution in [-0.2, 0) is 13.8 Å². The predicted octanol–water partition coefficient (Wildman–Crippen LogP) is -1.60. The molecule has 0 spiro atoms. The number of phosphoric ester groups is 1. The van der Waals surface area contributed by atoms with Crippen molar-refractivity contribution < 1.29 is 53.8 Å². The summed E-state index contributed by atoms with van der Waals surface area (Å²) in [7, 11) is -4.90. The van der Waals surface area contributed by atoms with E-state index in [4.69, 9.17) is 25.1 Å². The maximum Gasteiger partial charge on any atom is 0.469 e. The molecule has 1 fully saturated rings. The zero-order chi connectivity index (χ0) is 20.0. The Kier molecular flexibility index (Phi) is 3.51. The first-order valence-electron chi connectivity index (χ1n) is 7.83. The van der Waals surface area contributed by atoms with Gasteiger partial charge in [0.25, 0.3) is 6.23 Å². The third-order valence-electron chi connectivity index (χ3n) is 2.81. The van der Waals surface area contributed by atoms with E-state index in [1.807, 2.05) is 0 Å². The largest absolute Gasteiger partial charge is 0.477 e. The Bertz CT molecular complexity index is 788. The van der Waals surface area contributed by atoms with Gasteiger partial charge in [-0.3, -0.25) is 4.52 Å². The number of aromatic carboxylic acids is 1. The number of hydrogen-bond donors (Lipinski definition) is 5. The van der Waals surface area contributed by atoms with E-state index < -0.39 is 74.9 Å². The fourth-order valence-corrected chi connectivity index (χ4v) is 2.15. The average Bonchev–Trinajstić information content (AvgIpc) is 2.78. The lowest BCUT2D eigenvalue weighted by Gasteiger charge is -2.13. The van der Waals surface area contributed by atoms with Crippen LogP contribution >= 0.6 is 7.82 Å². The first kappa shape index (κ1) is 12.1. The van der Waals surface area contributed by atoms with E-state index in [-0.39, 0.29) is 0 Å². The second kappa shape index (κ2) is 6.39. The van der Waals surface area contributed by atoms with Crippen LogP contribution in [0.2, 0.25) is 0 Å². The quantitative estimate of drug-likeness (QED) is 0.314. The number of pyridine rings is 1. The first-order chi connectivity index (χ1) is 11.9. The molecule has 0 aromatic carbocycles. The number of phosphoric acid groups is 1. The van der Waals surface area contributed by atoms with Crippen molar-refractivity contribution in [1.29, 1.82) is 0 Å². The summed E-state index contributed by atoms with van der Waals surface area (Å²) in [5.74, 6) is -1.71. The number of carboxylic acid groups (broad SMARTS) is 1. The monoisotopic (exact) mass is 340 g/mol. The number of rotatable bonds is 5. The second-order valence-electron chi connectivity index (χ2n) is 4.36. The van der Waals surface area contributed by atoms with Crippen LogP contribution in [-0.4, -0.2) is 56.0 Å². The van der Waals surface area contributed by atoms with Crippen molar-refractivity contribution in [3.05, 3.63) is 30.0 Å². The summed E-state index contributed by atoms with van der Waals surface area (Å²) in [4.78, 5) is 28.6. The third kappa shape index (κ3) is 3.87. The second-order valence-corrected chi connectivity index (χ2v) is 5.60. The lowest BCUT2D eigenvalue weighted by atomic mass is 10.1. The van der Waals surface area contributed by atoms with Gasteiger partial charge in [-0.1, -0.05) is 0 Å². The highest BCUT2D eigenvalue weighted by Crippen LogP contribution is 2.37. The summed E-state index contributed by atoms with van der Waals surface area (Å²) in [5, 5.41) is 29.1. The molecular formula is C11H15NO9P+. The van der Waals surface area contributed by atoms with Gasteiger partial charge in [0.15, 0.2) is 18.4 Å². The summed E-state index contributed by atoms with van der Waals surface area (Å²) in [6.07, 6.45) is -8.48. The summed E-state index contributed by atoms with van der Waals surface area (Å²) >= 11 is 0. The van der Waals surface area contributed by atoms with Gasteiger partial charge in [-0.2, -0.15) is 4.57 Å². The van der Waals surface area contributed by atoms with Crippen LogP contribution in [0, 0.1) is 0 Å². The van der Waals surface area contributed by atoms with E-state index in [1.165, 1.54) is 0 Å². The Labute approximate surface area is 130 Å². The van der Waals surface area contributed by atoms with Gasteiger partial charge in [-0.25, -0.2) is 9.36 Å².